The molecule has 2 aromatic heterocycles. The first-order chi connectivity index (χ1) is 16.2. The maximum Gasteiger partial charge on any atom is 0.261 e. The number of nitrogens with zero attached hydrogens (tertiary/aromatic N) is 3. The first-order valence-electron chi connectivity index (χ1n) is 11.7. The van der Waals surface area contributed by atoms with Gasteiger partial charge >= 0.3 is 0 Å². The van der Waals surface area contributed by atoms with Gasteiger partial charge in [0, 0.05) is 30.4 Å². The summed E-state index contributed by atoms with van der Waals surface area (Å²) in [7, 11) is 1.67. The molecule has 1 amide bonds. The number of fused-ring (bicyclic) bond motifs is 1. The Morgan fingerprint density at radius 1 is 1.18 bits per heavy atom. The highest BCUT2D eigenvalue weighted by atomic mass is 32.1. The minimum atomic E-state index is -0.150. The number of hydrogen-bond donors (Lipinski definition) is 1. The Morgan fingerprint density at radius 2 is 1.85 bits per heavy atom. The monoisotopic (exact) mass is 482 g/mol. The number of hydrogen-bond acceptors (Lipinski definition) is 7. The molecular weight excluding hydrogens is 448 g/mol. The molecule has 1 aromatic carbocycles. The van der Waals surface area contributed by atoms with Crippen molar-refractivity contribution in [3.8, 4) is 5.75 Å². The van der Waals surface area contributed by atoms with Crippen LogP contribution in [0.4, 0.5) is 0 Å². The fourth-order valence-corrected chi connectivity index (χ4v) is 5.48. The van der Waals surface area contributed by atoms with Crippen molar-refractivity contribution in [3.05, 3.63) is 51.8 Å². The van der Waals surface area contributed by atoms with Crippen molar-refractivity contribution in [2.24, 2.45) is 0 Å². The maximum absolute atomic E-state index is 13.3. The molecule has 1 saturated heterocycles. The highest BCUT2D eigenvalue weighted by Crippen LogP contribution is 2.33. The van der Waals surface area contributed by atoms with E-state index in [1.54, 1.807) is 7.11 Å². The number of morpholine rings is 1. The summed E-state index contributed by atoms with van der Waals surface area (Å²) in [6.45, 7) is 13.9. The number of amides is 1. The first-order valence-corrected chi connectivity index (χ1v) is 12.5. The van der Waals surface area contributed by atoms with Crippen LogP contribution in [-0.2, 0) is 10.2 Å². The Labute approximate surface area is 205 Å². The smallest absolute Gasteiger partial charge is 0.261 e. The molecule has 3 aromatic rings. The Morgan fingerprint density at radius 3 is 2.47 bits per heavy atom. The van der Waals surface area contributed by atoms with Crippen LogP contribution >= 0.6 is 11.3 Å². The fraction of sp³-hybridized carbons (Fsp3) is 0.500. The van der Waals surface area contributed by atoms with E-state index < -0.39 is 0 Å². The molecule has 3 heterocycles. The van der Waals surface area contributed by atoms with Crippen LogP contribution in [0.25, 0.3) is 10.2 Å². The second kappa shape index (κ2) is 9.98. The molecule has 8 heteroatoms. The molecule has 1 aliphatic heterocycles. The van der Waals surface area contributed by atoms with Gasteiger partial charge in [-0.25, -0.2) is 9.97 Å². The molecule has 0 radical (unpaired) electrons. The zero-order chi connectivity index (χ0) is 24.5. The second-order valence-electron chi connectivity index (χ2n) is 9.77. The molecule has 1 aliphatic rings. The minimum absolute atomic E-state index is 0.0578. The van der Waals surface area contributed by atoms with Gasteiger partial charge in [0.25, 0.3) is 5.91 Å². The van der Waals surface area contributed by atoms with Crippen LogP contribution in [0, 0.1) is 13.8 Å². The summed E-state index contributed by atoms with van der Waals surface area (Å²) in [4.78, 5) is 26.8. The molecule has 1 fully saturated rings. The number of carbonyl (C=O) groups is 1. The third-order valence-corrected chi connectivity index (χ3v) is 7.48. The summed E-state index contributed by atoms with van der Waals surface area (Å²) in [6.07, 6.45) is 0. The quantitative estimate of drug-likeness (QED) is 0.561. The third-order valence-electron chi connectivity index (χ3n) is 6.29. The number of nitrogens with one attached hydrogen (secondary N) is 1. The third kappa shape index (κ3) is 5.09. The highest BCUT2D eigenvalue weighted by Gasteiger charge is 2.26. The number of aromatic nitrogens is 2. The van der Waals surface area contributed by atoms with Gasteiger partial charge in [-0.1, -0.05) is 32.9 Å². The number of benzene rings is 1. The van der Waals surface area contributed by atoms with Gasteiger partial charge in [0.2, 0.25) is 0 Å². The molecule has 0 aliphatic carbocycles. The molecule has 4 rings (SSSR count). The van der Waals surface area contributed by atoms with Gasteiger partial charge in [0.15, 0.2) is 0 Å². The average Bonchev–Trinajstić information content (AvgIpc) is 3.16. The summed E-state index contributed by atoms with van der Waals surface area (Å²) < 4.78 is 10.9. The largest absolute Gasteiger partial charge is 0.497 e. The number of ether oxygens (including phenoxy) is 2. The van der Waals surface area contributed by atoms with Crippen molar-refractivity contribution in [2.45, 2.75) is 46.1 Å². The van der Waals surface area contributed by atoms with Crippen molar-refractivity contribution in [3.63, 3.8) is 0 Å². The maximum atomic E-state index is 13.3. The normalized spacial score (nSPS) is 15.9. The fourth-order valence-electron chi connectivity index (χ4n) is 4.33. The molecule has 7 nitrogen and oxygen atoms in total. The second-order valence-corrected chi connectivity index (χ2v) is 10.8. The lowest BCUT2D eigenvalue weighted by molar-refractivity contribution is 0.0162. The van der Waals surface area contributed by atoms with Crippen molar-refractivity contribution < 1.29 is 14.3 Å². The topological polar surface area (TPSA) is 76.6 Å². The van der Waals surface area contributed by atoms with E-state index in [1.165, 1.54) is 11.3 Å². The van der Waals surface area contributed by atoms with Crippen LogP contribution < -0.4 is 10.1 Å². The molecule has 34 heavy (non-hydrogen) atoms. The molecule has 1 N–H and O–H groups in total. The van der Waals surface area contributed by atoms with Crippen LogP contribution in [-0.4, -0.2) is 60.7 Å². The summed E-state index contributed by atoms with van der Waals surface area (Å²) in [5, 5.41) is 4.19. The summed E-state index contributed by atoms with van der Waals surface area (Å²) in [6, 6.07) is 8.14. The van der Waals surface area contributed by atoms with Gasteiger partial charge in [-0.05, 0) is 37.1 Å². The lowest BCUT2D eigenvalue weighted by Crippen LogP contribution is -2.43. The molecule has 182 valence electrons. The summed E-state index contributed by atoms with van der Waals surface area (Å²) >= 11 is 1.45. The van der Waals surface area contributed by atoms with Crippen molar-refractivity contribution in [2.75, 3.05) is 40.0 Å². The molecule has 1 unspecified atom stereocenters. The van der Waals surface area contributed by atoms with Crippen molar-refractivity contribution in [1.82, 2.24) is 20.2 Å². The van der Waals surface area contributed by atoms with Gasteiger partial charge in [-0.15, -0.1) is 11.3 Å². The van der Waals surface area contributed by atoms with E-state index >= 15 is 0 Å². The number of methoxy groups -OCH3 is 1. The van der Waals surface area contributed by atoms with E-state index in [0.29, 0.717) is 24.6 Å². The zero-order valence-corrected chi connectivity index (χ0v) is 21.7. The molecule has 0 spiro atoms. The highest BCUT2D eigenvalue weighted by molar-refractivity contribution is 7.20. The van der Waals surface area contributed by atoms with E-state index in [-0.39, 0.29) is 17.4 Å². The van der Waals surface area contributed by atoms with Crippen LogP contribution in [0.3, 0.4) is 0 Å². The molecule has 0 saturated carbocycles. The number of rotatable bonds is 6. The van der Waals surface area contributed by atoms with Crippen LogP contribution in [0.1, 0.15) is 59.1 Å². The summed E-state index contributed by atoms with van der Waals surface area (Å²) in [5.41, 5.74) is 2.87. The van der Waals surface area contributed by atoms with Crippen LogP contribution in [0.15, 0.2) is 24.3 Å². The molecule has 0 bridgehead atoms. The first kappa shape index (κ1) is 24.6. The standard InChI is InChI=1S/C26H34N4O3S/c1-16-21-17(2)28-25(26(3,4)5)29-24(21)34-22(16)23(31)27-15-20(30-11-13-33-14-12-30)18-7-9-19(32-6)10-8-18/h7-10,20H,11-15H2,1-6H3,(H,27,31). The van der Waals surface area contributed by atoms with Crippen LogP contribution in [0.2, 0.25) is 0 Å². The van der Waals surface area contributed by atoms with Gasteiger partial charge < -0.3 is 14.8 Å². The number of carbonyl (C=O) groups excluding carboxylic acids is 1. The van der Waals surface area contributed by atoms with Crippen LogP contribution in [0.5, 0.6) is 5.75 Å². The predicted molar refractivity (Wildman–Crippen MR) is 136 cm³/mol. The summed E-state index contributed by atoms with van der Waals surface area (Å²) in [5.74, 6) is 1.56. The van der Waals surface area contributed by atoms with Gasteiger partial charge in [0.05, 0.1) is 36.9 Å². The van der Waals surface area contributed by atoms with Gasteiger partial charge in [-0.3, -0.25) is 9.69 Å². The Bertz CT molecular complexity index is 1160. The van der Waals surface area contributed by atoms with Gasteiger partial charge in [-0.2, -0.15) is 0 Å². The lowest BCUT2D eigenvalue weighted by atomic mass is 9.95. The van der Waals surface area contributed by atoms with E-state index in [9.17, 15) is 4.79 Å². The van der Waals surface area contributed by atoms with Crippen molar-refractivity contribution >= 4 is 27.5 Å². The molecule has 1 atom stereocenters. The minimum Gasteiger partial charge on any atom is -0.497 e. The van der Waals surface area contributed by atoms with E-state index in [2.05, 4.69) is 43.1 Å². The SMILES string of the molecule is COc1ccc(C(CNC(=O)c2sc3nc(C(C)(C)C)nc(C)c3c2C)N2CCOCC2)cc1. The number of aryl methyl sites for hydroxylation is 2. The lowest BCUT2D eigenvalue weighted by Gasteiger charge is -2.35. The molecular formula is C26H34N4O3S. The Kier molecular flexibility index (Phi) is 7.21. The Balaban J connectivity index is 1.58. The zero-order valence-electron chi connectivity index (χ0n) is 20.9. The van der Waals surface area contributed by atoms with E-state index in [0.717, 1.165) is 51.7 Å². The van der Waals surface area contributed by atoms with Gasteiger partial charge in [0.1, 0.15) is 16.4 Å². The number of thiophene rings is 1. The van der Waals surface area contributed by atoms with Crippen molar-refractivity contribution in [1.29, 1.82) is 0 Å². The van der Waals surface area contributed by atoms with E-state index in [4.69, 9.17) is 19.4 Å². The average molecular weight is 483 g/mol. The van der Waals surface area contributed by atoms with E-state index in [1.807, 2.05) is 26.0 Å². The predicted octanol–water partition coefficient (Wildman–Crippen LogP) is 4.42. The Hall–Kier alpha value is -2.55.